The van der Waals surface area contributed by atoms with Crippen molar-refractivity contribution in [2.75, 3.05) is 0 Å². The first-order valence-corrected chi connectivity index (χ1v) is 5.78. The molecule has 0 saturated heterocycles. The maximum Gasteiger partial charge on any atom is 0.126 e. The summed E-state index contributed by atoms with van der Waals surface area (Å²) in [6.45, 7) is 4.21. The molecule has 80 valence electrons. The normalized spacial score (nSPS) is 21.0. The number of allylic oxidation sites excluding steroid dienone is 2. The van der Waals surface area contributed by atoms with E-state index < -0.39 is 0 Å². The van der Waals surface area contributed by atoms with Crippen molar-refractivity contribution in [2.24, 2.45) is 5.41 Å². The summed E-state index contributed by atoms with van der Waals surface area (Å²) < 4.78 is 0. The lowest BCUT2D eigenvalue weighted by atomic mass is 9.78. The van der Waals surface area contributed by atoms with Crippen LogP contribution in [0.15, 0.2) is 11.6 Å². The first kappa shape index (κ1) is 11.5. The zero-order chi connectivity index (χ0) is 10.4. The number of carbonyl (C=O) groups excluding carboxylic acids is 1. The van der Waals surface area contributed by atoms with Crippen LogP contribution in [0.3, 0.4) is 0 Å². The van der Waals surface area contributed by atoms with Crippen LogP contribution in [0, 0.1) is 5.41 Å². The second kappa shape index (κ2) is 5.33. The van der Waals surface area contributed by atoms with Crippen molar-refractivity contribution in [1.82, 2.24) is 0 Å². The fourth-order valence-electron chi connectivity index (χ4n) is 2.21. The van der Waals surface area contributed by atoms with E-state index in [0.717, 1.165) is 19.3 Å². The van der Waals surface area contributed by atoms with Gasteiger partial charge in [0.25, 0.3) is 0 Å². The summed E-state index contributed by atoms with van der Waals surface area (Å²) >= 11 is 0. The molecule has 1 saturated carbocycles. The molecule has 0 amide bonds. The summed E-state index contributed by atoms with van der Waals surface area (Å²) in [4.78, 5) is 11.2. The zero-order valence-electron chi connectivity index (χ0n) is 9.51. The summed E-state index contributed by atoms with van der Waals surface area (Å²) in [6, 6.07) is 0. The van der Waals surface area contributed by atoms with E-state index in [4.69, 9.17) is 0 Å². The Kier molecular flexibility index (Phi) is 4.37. The summed E-state index contributed by atoms with van der Waals surface area (Å²) in [5.41, 5.74) is 1.31. The second-order valence-electron chi connectivity index (χ2n) is 4.88. The Morgan fingerprint density at radius 1 is 1.14 bits per heavy atom. The van der Waals surface area contributed by atoms with E-state index >= 15 is 0 Å². The molecule has 1 aliphatic rings. The Bertz CT molecular complexity index is 203. The van der Waals surface area contributed by atoms with Crippen LogP contribution in [0.1, 0.15) is 58.8 Å². The molecular weight excluding hydrogens is 172 g/mol. The van der Waals surface area contributed by atoms with Crippen molar-refractivity contribution in [3.8, 4) is 0 Å². The Hall–Kier alpha value is -0.590. The number of aldehydes is 1. The monoisotopic (exact) mass is 194 g/mol. The highest BCUT2D eigenvalue weighted by atomic mass is 16.1. The molecule has 0 unspecified atom stereocenters. The van der Waals surface area contributed by atoms with Gasteiger partial charge in [-0.15, -0.1) is 0 Å². The minimum Gasteiger partial charge on any atom is -0.303 e. The molecule has 0 atom stereocenters. The molecule has 0 aromatic heterocycles. The van der Waals surface area contributed by atoms with Crippen molar-refractivity contribution in [3.63, 3.8) is 0 Å². The molecule has 0 aliphatic heterocycles. The average Bonchev–Trinajstić information content (AvgIpc) is 2.41. The van der Waals surface area contributed by atoms with E-state index in [1.54, 1.807) is 0 Å². The van der Waals surface area contributed by atoms with Crippen molar-refractivity contribution in [3.05, 3.63) is 11.6 Å². The van der Waals surface area contributed by atoms with Crippen LogP contribution in [0.2, 0.25) is 0 Å². The van der Waals surface area contributed by atoms with Gasteiger partial charge in [-0.2, -0.15) is 0 Å². The lowest BCUT2D eigenvalue weighted by Gasteiger charge is -2.24. The Labute approximate surface area is 87.6 Å². The molecule has 1 heteroatoms. The molecule has 1 rings (SSSR count). The first-order valence-electron chi connectivity index (χ1n) is 5.78. The van der Waals surface area contributed by atoms with Gasteiger partial charge < -0.3 is 4.79 Å². The van der Waals surface area contributed by atoms with E-state index in [9.17, 15) is 4.79 Å². The van der Waals surface area contributed by atoms with Crippen molar-refractivity contribution in [1.29, 1.82) is 0 Å². The Morgan fingerprint density at radius 3 is 2.14 bits per heavy atom. The van der Waals surface area contributed by atoms with Gasteiger partial charge in [-0.3, -0.25) is 0 Å². The van der Waals surface area contributed by atoms with Crippen molar-refractivity contribution in [2.45, 2.75) is 58.8 Å². The van der Waals surface area contributed by atoms with Gasteiger partial charge in [0.05, 0.1) is 0 Å². The van der Waals surface area contributed by atoms with Crippen LogP contribution < -0.4 is 0 Å². The Balaban J connectivity index is 2.62. The van der Waals surface area contributed by atoms with E-state index in [1.165, 1.54) is 37.5 Å². The maximum atomic E-state index is 11.2. The third kappa shape index (κ3) is 3.28. The van der Waals surface area contributed by atoms with Crippen LogP contribution in [0.25, 0.3) is 0 Å². The summed E-state index contributed by atoms with van der Waals surface area (Å²) in [6.07, 6.45) is 11.7. The van der Waals surface area contributed by atoms with Crippen LogP contribution in [0.4, 0.5) is 0 Å². The van der Waals surface area contributed by atoms with Crippen LogP contribution in [-0.4, -0.2) is 6.29 Å². The minimum absolute atomic E-state index is 0.0201. The number of carbonyl (C=O) groups is 1. The number of rotatable bonds is 3. The second-order valence-corrected chi connectivity index (χ2v) is 4.88. The molecule has 0 aromatic rings. The molecule has 1 fully saturated rings. The predicted molar refractivity (Wildman–Crippen MR) is 60.2 cm³/mol. The third-order valence-corrected chi connectivity index (χ3v) is 3.27. The molecule has 0 radical (unpaired) electrons. The number of hydrogen-bond donors (Lipinski definition) is 0. The number of hydrogen-bond acceptors (Lipinski definition) is 1. The first-order chi connectivity index (χ1) is 6.68. The molecule has 0 heterocycles. The molecule has 1 aliphatic carbocycles. The largest absolute Gasteiger partial charge is 0.303 e. The van der Waals surface area contributed by atoms with Gasteiger partial charge in [0.1, 0.15) is 6.29 Å². The van der Waals surface area contributed by atoms with Crippen LogP contribution >= 0.6 is 0 Å². The topological polar surface area (TPSA) is 17.1 Å². The molecule has 14 heavy (non-hydrogen) atoms. The van der Waals surface area contributed by atoms with Gasteiger partial charge in [0.2, 0.25) is 0 Å². The molecule has 0 bridgehead atoms. The lowest BCUT2D eigenvalue weighted by Crippen LogP contribution is -2.20. The van der Waals surface area contributed by atoms with Crippen LogP contribution in [-0.2, 0) is 4.79 Å². The van der Waals surface area contributed by atoms with Crippen molar-refractivity contribution < 1.29 is 4.79 Å². The smallest absolute Gasteiger partial charge is 0.126 e. The van der Waals surface area contributed by atoms with Gasteiger partial charge in [0.15, 0.2) is 0 Å². The SMILES string of the molecule is CC(C)=CCC1(C=O)CCCCCC1. The van der Waals surface area contributed by atoms with Gasteiger partial charge in [-0.25, -0.2) is 0 Å². The highest BCUT2D eigenvalue weighted by Gasteiger charge is 2.29. The third-order valence-electron chi connectivity index (χ3n) is 3.27. The molecular formula is C13H22O. The van der Waals surface area contributed by atoms with Gasteiger partial charge >= 0.3 is 0 Å². The molecule has 0 spiro atoms. The van der Waals surface area contributed by atoms with E-state index in [1.807, 2.05) is 0 Å². The standard InChI is InChI=1S/C13H22O/c1-12(2)7-10-13(11-14)8-5-3-4-6-9-13/h7,11H,3-6,8-10H2,1-2H3. The highest BCUT2D eigenvalue weighted by Crippen LogP contribution is 2.36. The molecule has 0 N–H and O–H groups in total. The maximum absolute atomic E-state index is 11.2. The lowest BCUT2D eigenvalue weighted by molar-refractivity contribution is -0.116. The molecule has 1 nitrogen and oxygen atoms in total. The minimum atomic E-state index is -0.0201. The summed E-state index contributed by atoms with van der Waals surface area (Å²) in [5, 5.41) is 0. The summed E-state index contributed by atoms with van der Waals surface area (Å²) in [7, 11) is 0. The van der Waals surface area contributed by atoms with Gasteiger partial charge in [-0.1, -0.05) is 37.3 Å². The zero-order valence-corrected chi connectivity index (χ0v) is 9.51. The summed E-state index contributed by atoms with van der Waals surface area (Å²) in [5.74, 6) is 0. The van der Waals surface area contributed by atoms with E-state index in [-0.39, 0.29) is 5.41 Å². The van der Waals surface area contributed by atoms with Gasteiger partial charge in [-0.05, 0) is 33.1 Å². The van der Waals surface area contributed by atoms with Crippen LogP contribution in [0.5, 0.6) is 0 Å². The average molecular weight is 194 g/mol. The van der Waals surface area contributed by atoms with E-state index in [0.29, 0.717) is 0 Å². The van der Waals surface area contributed by atoms with E-state index in [2.05, 4.69) is 19.9 Å². The molecule has 0 aromatic carbocycles. The quantitative estimate of drug-likeness (QED) is 0.378. The highest BCUT2D eigenvalue weighted by molar-refractivity contribution is 5.59. The fourth-order valence-corrected chi connectivity index (χ4v) is 2.21. The van der Waals surface area contributed by atoms with Crippen molar-refractivity contribution >= 4 is 6.29 Å². The van der Waals surface area contributed by atoms with Gasteiger partial charge in [0, 0.05) is 5.41 Å². The predicted octanol–water partition coefficient (Wildman–Crippen LogP) is 3.88. The Morgan fingerprint density at radius 2 is 1.71 bits per heavy atom. The fraction of sp³-hybridized carbons (Fsp3) is 0.769.